The van der Waals surface area contributed by atoms with Crippen LogP contribution in [0.3, 0.4) is 0 Å². The van der Waals surface area contributed by atoms with Gasteiger partial charge in [0.05, 0.1) is 0 Å². The van der Waals surface area contributed by atoms with Crippen molar-refractivity contribution in [3.8, 4) is 22.8 Å². The first-order valence-corrected chi connectivity index (χ1v) is 11.1. The lowest BCUT2D eigenvalue weighted by atomic mass is 9.89. The highest BCUT2D eigenvalue weighted by Crippen LogP contribution is 2.26. The molecule has 1 N–H and O–H groups in total. The third kappa shape index (κ3) is 5.07. The summed E-state index contributed by atoms with van der Waals surface area (Å²) in [5.41, 5.74) is 3.40. The minimum absolute atomic E-state index is 0.0417. The van der Waals surface area contributed by atoms with Gasteiger partial charge in [-0.3, -0.25) is 9.00 Å². The van der Waals surface area contributed by atoms with Crippen LogP contribution in [-0.4, -0.2) is 37.5 Å². The number of nitrogens with zero attached hydrogens (tertiary/aromatic N) is 2. The van der Waals surface area contributed by atoms with E-state index < -0.39 is 16.3 Å². The zero-order chi connectivity index (χ0) is 21.8. The molecule has 2 atom stereocenters. The summed E-state index contributed by atoms with van der Waals surface area (Å²) in [5.74, 6) is 0.862. The van der Waals surface area contributed by atoms with E-state index in [4.69, 9.17) is 9.26 Å². The van der Waals surface area contributed by atoms with Crippen LogP contribution in [0.15, 0.2) is 53.1 Å². The second-order valence-electron chi connectivity index (χ2n) is 7.55. The maximum absolute atomic E-state index is 11.1. The van der Waals surface area contributed by atoms with Gasteiger partial charge < -0.3 is 19.1 Å². The van der Waals surface area contributed by atoms with Gasteiger partial charge >= 0.3 is 0 Å². The number of carbonyl (C=O) groups is 1. The van der Waals surface area contributed by atoms with E-state index in [1.54, 1.807) is 31.2 Å². The molecule has 31 heavy (non-hydrogen) atoms. The van der Waals surface area contributed by atoms with Gasteiger partial charge in [-0.15, -0.1) is 0 Å². The molecule has 0 aliphatic heterocycles. The molecular formula is C22H22N3O5S-. The van der Waals surface area contributed by atoms with Crippen LogP contribution >= 0.6 is 0 Å². The summed E-state index contributed by atoms with van der Waals surface area (Å²) in [6, 6.07) is 15.3. The number of nitrogens with one attached hydrogen (secondary N) is 1. The Morgan fingerprint density at radius 2 is 1.87 bits per heavy atom. The lowest BCUT2D eigenvalue weighted by Gasteiger charge is -2.34. The Labute approximate surface area is 182 Å². The molecule has 0 radical (unpaired) electrons. The van der Waals surface area contributed by atoms with Crippen LogP contribution in [0, 0.1) is 0 Å². The van der Waals surface area contributed by atoms with Crippen LogP contribution in [0.2, 0.25) is 0 Å². The lowest BCUT2D eigenvalue weighted by Crippen LogP contribution is -2.44. The van der Waals surface area contributed by atoms with Crippen molar-refractivity contribution in [1.29, 1.82) is 0 Å². The fraction of sp³-hybridized carbons (Fsp3) is 0.318. The Morgan fingerprint density at radius 1 is 1.19 bits per heavy atom. The largest absolute Gasteiger partial charge is 0.772 e. The molecule has 0 amide bonds. The maximum atomic E-state index is 11.1. The first-order chi connectivity index (χ1) is 15.0. The van der Waals surface area contributed by atoms with Crippen molar-refractivity contribution in [3.63, 3.8) is 0 Å². The van der Waals surface area contributed by atoms with Gasteiger partial charge in [-0.05, 0) is 54.1 Å². The number of hydrogen-bond acceptors (Lipinski definition) is 8. The summed E-state index contributed by atoms with van der Waals surface area (Å²) in [7, 11) is 0. The minimum atomic E-state index is -2.16. The molecule has 1 heterocycles. The fourth-order valence-corrected chi connectivity index (χ4v) is 3.80. The fourth-order valence-electron chi connectivity index (χ4n) is 3.42. The van der Waals surface area contributed by atoms with E-state index in [9.17, 15) is 13.6 Å². The molecule has 4 rings (SSSR count). The number of hydrogen-bond donors (Lipinski definition) is 1. The lowest BCUT2D eigenvalue weighted by molar-refractivity contribution is -0.138. The Bertz CT molecular complexity index is 1050. The molecule has 1 fully saturated rings. The van der Waals surface area contributed by atoms with E-state index in [1.807, 2.05) is 24.3 Å². The van der Waals surface area contributed by atoms with E-state index in [0.29, 0.717) is 29.8 Å². The van der Waals surface area contributed by atoms with Crippen molar-refractivity contribution in [2.45, 2.75) is 43.7 Å². The van der Waals surface area contributed by atoms with Gasteiger partial charge in [0.15, 0.2) is 0 Å². The average Bonchev–Trinajstić information content (AvgIpc) is 3.25. The first kappa shape index (κ1) is 21.4. The van der Waals surface area contributed by atoms with Crippen molar-refractivity contribution in [1.82, 2.24) is 15.5 Å². The van der Waals surface area contributed by atoms with E-state index in [0.717, 1.165) is 36.1 Å². The van der Waals surface area contributed by atoms with Crippen molar-refractivity contribution in [2.75, 3.05) is 0 Å². The van der Waals surface area contributed by atoms with Crippen molar-refractivity contribution in [2.24, 2.45) is 0 Å². The molecule has 0 saturated heterocycles. The Morgan fingerprint density at radius 3 is 2.52 bits per heavy atom. The highest BCUT2D eigenvalue weighted by atomic mass is 32.2. The van der Waals surface area contributed by atoms with Gasteiger partial charge in [-0.2, -0.15) is 4.98 Å². The topological polar surface area (TPSA) is 117 Å². The van der Waals surface area contributed by atoms with Crippen molar-refractivity contribution < 1.29 is 22.8 Å². The molecule has 9 heteroatoms. The Kier molecular flexibility index (Phi) is 6.55. The normalized spacial score (nSPS) is 19.9. The quantitative estimate of drug-likeness (QED) is 0.398. The molecule has 2 aromatic carbocycles. The number of benzene rings is 2. The molecular weight excluding hydrogens is 418 g/mol. The third-order valence-corrected chi connectivity index (χ3v) is 6.34. The molecule has 162 valence electrons. The van der Waals surface area contributed by atoms with Gasteiger partial charge in [-0.25, -0.2) is 0 Å². The summed E-state index contributed by atoms with van der Waals surface area (Å²) in [5, 5.41) is 6.93. The Balaban J connectivity index is 1.35. The monoisotopic (exact) mass is 440 g/mol. The summed E-state index contributed by atoms with van der Waals surface area (Å²) < 4.78 is 32.5. The van der Waals surface area contributed by atoms with E-state index in [2.05, 4.69) is 15.5 Å². The van der Waals surface area contributed by atoms with Gasteiger partial charge in [-0.1, -0.05) is 41.6 Å². The number of rotatable bonds is 9. The molecule has 1 aliphatic carbocycles. The summed E-state index contributed by atoms with van der Waals surface area (Å²) in [6.45, 7) is 2.87. The highest BCUT2D eigenvalue weighted by Gasteiger charge is 2.29. The van der Waals surface area contributed by atoms with Crippen molar-refractivity contribution in [3.05, 3.63) is 59.7 Å². The number of carbonyl (C=O) groups excluding carboxylic acids is 1. The minimum Gasteiger partial charge on any atom is -0.772 e. The standard InChI is InChI=1S/C22H23N3O5S/c1-14(31(27)28)16-6-8-18(9-7-16)22-24-21(25-30-22)17-4-2-15(3-5-17)12-23-19-10-20(11-19)29-13-26/h2-9,13-14,19-20,23H,10-12H2,1H3,(H,27,28)/p-1. The van der Waals surface area contributed by atoms with E-state index in [-0.39, 0.29) is 6.10 Å². The smallest absolute Gasteiger partial charge is 0.293 e. The van der Waals surface area contributed by atoms with Crippen LogP contribution in [0.25, 0.3) is 22.8 Å². The first-order valence-electron chi connectivity index (χ1n) is 9.97. The van der Waals surface area contributed by atoms with Gasteiger partial charge in [0.25, 0.3) is 12.4 Å². The van der Waals surface area contributed by atoms with Gasteiger partial charge in [0.1, 0.15) is 6.10 Å². The van der Waals surface area contributed by atoms with Crippen LogP contribution in [-0.2, 0) is 27.2 Å². The van der Waals surface area contributed by atoms with Crippen LogP contribution in [0.5, 0.6) is 0 Å². The molecule has 0 spiro atoms. The van der Waals surface area contributed by atoms with E-state index >= 15 is 0 Å². The molecule has 3 aromatic rings. The predicted octanol–water partition coefficient (Wildman–Crippen LogP) is 3.14. The SMILES string of the molecule is CC(c1ccc(-c2nc(-c3ccc(CNC4CC(OC=O)C4)cc3)no2)cc1)S(=O)[O-]. The van der Waals surface area contributed by atoms with Crippen molar-refractivity contribution >= 4 is 17.6 Å². The molecule has 1 aliphatic rings. The van der Waals surface area contributed by atoms with Gasteiger partial charge in [0, 0.05) is 29.0 Å². The predicted molar refractivity (Wildman–Crippen MR) is 113 cm³/mol. The average molecular weight is 441 g/mol. The zero-order valence-electron chi connectivity index (χ0n) is 16.9. The highest BCUT2D eigenvalue weighted by molar-refractivity contribution is 7.79. The van der Waals surface area contributed by atoms with Crippen LogP contribution in [0.4, 0.5) is 0 Å². The summed E-state index contributed by atoms with van der Waals surface area (Å²) in [6.07, 6.45) is 1.73. The molecule has 2 unspecified atom stereocenters. The number of aromatic nitrogens is 2. The van der Waals surface area contributed by atoms with Crippen LogP contribution < -0.4 is 5.32 Å². The zero-order valence-corrected chi connectivity index (χ0v) is 17.7. The molecule has 1 aromatic heterocycles. The molecule has 0 bridgehead atoms. The van der Waals surface area contributed by atoms with E-state index in [1.165, 1.54) is 0 Å². The molecule has 8 nitrogen and oxygen atoms in total. The third-order valence-electron chi connectivity index (χ3n) is 5.49. The molecule has 1 saturated carbocycles. The van der Waals surface area contributed by atoms with Gasteiger partial charge in [0.2, 0.25) is 5.82 Å². The summed E-state index contributed by atoms with van der Waals surface area (Å²) in [4.78, 5) is 14.8. The number of ether oxygens (including phenoxy) is 1. The Hall–Kier alpha value is -2.88. The second-order valence-corrected chi connectivity index (χ2v) is 8.78. The summed E-state index contributed by atoms with van der Waals surface area (Å²) >= 11 is -2.16. The van der Waals surface area contributed by atoms with Crippen LogP contribution in [0.1, 0.15) is 36.1 Å². The second kappa shape index (κ2) is 9.51. The maximum Gasteiger partial charge on any atom is 0.293 e.